The molecule has 1 aliphatic carbocycles. The van der Waals surface area contributed by atoms with Crippen molar-refractivity contribution < 1.29 is 59.0 Å². The lowest BCUT2D eigenvalue weighted by molar-refractivity contribution is -0.220. The van der Waals surface area contributed by atoms with Gasteiger partial charge >= 0.3 is 7.82 Å². The smallest absolute Gasteiger partial charge is 0.393 e. The van der Waals surface area contributed by atoms with Crippen molar-refractivity contribution in [3.05, 3.63) is 48.6 Å². The number of hydrogen-bond donors (Lipinski definition) is 9. The molecule has 62 heavy (non-hydrogen) atoms. The maximum Gasteiger partial charge on any atom is 0.472 e. The Labute approximate surface area is 374 Å². The fourth-order valence-corrected chi connectivity index (χ4v) is 8.35. The van der Waals surface area contributed by atoms with Crippen LogP contribution in [0.15, 0.2) is 48.6 Å². The number of amides is 1. The van der Waals surface area contributed by atoms with E-state index in [0.29, 0.717) is 19.3 Å². The van der Waals surface area contributed by atoms with E-state index in [1.165, 1.54) is 89.5 Å². The van der Waals surface area contributed by atoms with Gasteiger partial charge in [0.15, 0.2) is 0 Å². The van der Waals surface area contributed by atoms with Gasteiger partial charge in [0.25, 0.3) is 0 Å². The van der Waals surface area contributed by atoms with E-state index < -0.39 is 75.2 Å². The molecule has 0 aromatic carbocycles. The summed E-state index contributed by atoms with van der Waals surface area (Å²) in [6, 6.07) is -1.27. The van der Waals surface area contributed by atoms with Crippen molar-refractivity contribution in [3.8, 4) is 0 Å². The van der Waals surface area contributed by atoms with Gasteiger partial charge in [-0.05, 0) is 70.6 Å². The highest BCUT2D eigenvalue weighted by Crippen LogP contribution is 2.47. The van der Waals surface area contributed by atoms with Crippen LogP contribution in [0.3, 0.4) is 0 Å². The molecule has 8 atom stereocenters. The van der Waals surface area contributed by atoms with Gasteiger partial charge < -0.3 is 46.0 Å². The molecule has 13 nitrogen and oxygen atoms in total. The molecule has 1 saturated carbocycles. The molecule has 14 heteroatoms. The molecule has 0 bridgehead atoms. The second-order valence-electron chi connectivity index (χ2n) is 17.1. The first-order chi connectivity index (χ1) is 29.8. The van der Waals surface area contributed by atoms with Gasteiger partial charge in [-0.3, -0.25) is 13.8 Å². The molecule has 0 aromatic heterocycles. The Balaban J connectivity index is 2.55. The molecule has 8 unspecified atom stereocenters. The van der Waals surface area contributed by atoms with Crippen LogP contribution in [0.25, 0.3) is 0 Å². The summed E-state index contributed by atoms with van der Waals surface area (Å²) in [6.45, 7) is 3.70. The molecule has 0 spiro atoms. The first-order valence-corrected chi connectivity index (χ1v) is 25.7. The third-order valence-corrected chi connectivity index (χ3v) is 12.3. The van der Waals surface area contributed by atoms with Crippen molar-refractivity contribution in [1.29, 1.82) is 0 Å². The fraction of sp³-hybridized carbons (Fsp3) is 0.812. The number of carbonyl (C=O) groups excluding carboxylic acids is 1. The minimum atomic E-state index is -5.16. The summed E-state index contributed by atoms with van der Waals surface area (Å²) in [6.07, 6.45) is 30.6. The Morgan fingerprint density at radius 3 is 1.44 bits per heavy atom. The Bertz CT molecular complexity index is 1250. The van der Waals surface area contributed by atoms with Crippen molar-refractivity contribution in [1.82, 2.24) is 5.32 Å². The lowest BCUT2D eigenvalue weighted by Gasteiger charge is -2.41. The quantitative estimate of drug-likeness (QED) is 0.0161. The van der Waals surface area contributed by atoms with E-state index in [0.717, 1.165) is 64.2 Å². The lowest BCUT2D eigenvalue weighted by atomic mass is 9.85. The van der Waals surface area contributed by atoms with Gasteiger partial charge in [-0.25, -0.2) is 4.57 Å². The van der Waals surface area contributed by atoms with E-state index in [-0.39, 0.29) is 6.42 Å². The number of nitrogens with one attached hydrogen (secondary N) is 1. The number of hydrogen-bond acceptors (Lipinski definition) is 11. The zero-order chi connectivity index (χ0) is 45.9. The molecular weight excluding hydrogens is 813 g/mol. The largest absolute Gasteiger partial charge is 0.472 e. The predicted molar refractivity (Wildman–Crippen MR) is 247 cm³/mol. The second kappa shape index (κ2) is 37.5. The summed E-state index contributed by atoms with van der Waals surface area (Å²) in [5.74, 6) is -0.613. The van der Waals surface area contributed by atoms with Crippen LogP contribution in [-0.2, 0) is 18.4 Å². The molecule has 0 aliphatic heterocycles. The fourth-order valence-electron chi connectivity index (χ4n) is 7.38. The summed E-state index contributed by atoms with van der Waals surface area (Å²) >= 11 is 0. The number of phosphoric ester groups is 1. The van der Waals surface area contributed by atoms with Crippen LogP contribution in [0.2, 0.25) is 0 Å². The van der Waals surface area contributed by atoms with Crippen LogP contribution in [-0.4, -0.2) is 108 Å². The Morgan fingerprint density at radius 1 is 0.565 bits per heavy atom. The van der Waals surface area contributed by atoms with Gasteiger partial charge in [0.05, 0.1) is 31.3 Å². The number of aliphatic hydroxyl groups is 7. The molecule has 0 heterocycles. The van der Waals surface area contributed by atoms with Crippen LogP contribution < -0.4 is 5.32 Å². The average molecular weight is 902 g/mol. The van der Waals surface area contributed by atoms with Gasteiger partial charge in [0.1, 0.15) is 36.6 Å². The van der Waals surface area contributed by atoms with Gasteiger partial charge in [0.2, 0.25) is 5.91 Å². The molecule has 1 rings (SSSR count). The molecule has 0 aromatic rings. The highest BCUT2D eigenvalue weighted by molar-refractivity contribution is 7.47. The molecule has 0 saturated heterocycles. The Kier molecular flexibility index (Phi) is 35.2. The van der Waals surface area contributed by atoms with Gasteiger partial charge in [-0.15, -0.1) is 0 Å². The van der Waals surface area contributed by atoms with E-state index in [2.05, 4.69) is 49.5 Å². The Morgan fingerprint density at radius 2 is 0.952 bits per heavy atom. The number of unbranched alkanes of at least 4 members (excludes halogenated alkanes) is 20. The normalized spacial score (nSPS) is 23.5. The number of allylic oxidation sites excluding steroid dienone is 7. The van der Waals surface area contributed by atoms with Crippen LogP contribution in [0.5, 0.6) is 0 Å². The van der Waals surface area contributed by atoms with E-state index >= 15 is 0 Å². The molecular formula is C48H88NO12P. The minimum absolute atomic E-state index is 0.263. The first kappa shape index (κ1) is 58.3. The van der Waals surface area contributed by atoms with Gasteiger partial charge in [-0.1, -0.05) is 159 Å². The van der Waals surface area contributed by atoms with E-state index in [1.807, 2.05) is 6.08 Å². The summed E-state index contributed by atoms with van der Waals surface area (Å²) in [5.41, 5.74) is 0. The van der Waals surface area contributed by atoms with E-state index in [9.17, 15) is 50.0 Å². The van der Waals surface area contributed by atoms with Gasteiger partial charge in [0, 0.05) is 0 Å². The summed E-state index contributed by atoms with van der Waals surface area (Å²) < 4.78 is 22.8. The van der Waals surface area contributed by atoms with E-state index in [4.69, 9.17) is 9.05 Å². The number of aliphatic hydroxyl groups excluding tert-OH is 7. The highest BCUT2D eigenvalue weighted by atomic mass is 31.2. The maximum absolute atomic E-state index is 13.0. The zero-order valence-corrected chi connectivity index (χ0v) is 39.2. The van der Waals surface area contributed by atoms with Crippen molar-refractivity contribution >= 4 is 13.7 Å². The average Bonchev–Trinajstić information content (AvgIpc) is 3.24. The van der Waals surface area contributed by atoms with Crippen molar-refractivity contribution in [3.63, 3.8) is 0 Å². The number of rotatable bonds is 39. The second-order valence-corrected chi connectivity index (χ2v) is 18.5. The van der Waals surface area contributed by atoms with Crippen LogP contribution in [0.4, 0.5) is 0 Å². The Hall–Kier alpha value is -1.74. The monoisotopic (exact) mass is 902 g/mol. The summed E-state index contributed by atoms with van der Waals surface area (Å²) in [7, 11) is -5.16. The van der Waals surface area contributed by atoms with E-state index in [1.54, 1.807) is 6.08 Å². The third-order valence-electron chi connectivity index (χ3n) is 11.4. The minimum Gasteiger partial charge on any atom is -0.393 e. The van der Waals surface area contributed by atoms with Crippen molar-refractivity contribution in [2.45, 2.75) is 242 Å². The predicted octanol–water partition coefficient (Wildman–Crippen LogP) is 8.31. The molecule has 1 amide bonds. The molecule has 1 fully saturated rings. The number of carbonyl (C=O) groups is 1. The van der Waals surface area contributed by atoms with Crippen LogP contribution in [0, 0.1) is 0 Å². The van der Waals surface area contributed by atoms with Crippen LogP contribution >= 0.6 is 7.82 Å². The van der Waals surface area contributed by atoms with Crippen molar-refractivity contribution in [2.24, 2.45) is 0 Å². The molecule has 362 valence electrons. The summed E-state index contributed by atoms with van der Waals surface area (Å²) in [4.78, 5) is 23.4. The maximum atomic E-state index is 13.0. The van der Waals surface area contributed by atoms with Crippen molar-refractivity contribution in [2.75, 3.05) is 6.61 Å². The summed E-state index contributed by atoms with van der Waals surface area (Å²) in [5, 5.41) is 74.4. The molecule has 9 N–H and O–H groups in total. The first-order valence-electron chi connectivity index (χ1n) is 24.2. The SMILES string of the molecule is CCCCCC/C=C/CC/C=C/CC/C=C/C(O)C(COP(=O)(O)OC1C(O)C(O)C(O)C(O)C1O)NC(=O)CC(O)CCCCCCC/C=C\CCCCCCCCCCC. The topological polar surface area (TPSA) is 226 Å². The lowest BCUT2D eigenvalue weighted by Crippen LogP contribution is -2.64. The standard InChI is InChI=1S/C48H88NO12P/c1-3-5-7-9-11-13-15-17-19-20-21-22-23-25-27-29-31-33-35-39(50)37-42(52)49-40(38-60-62(58,59)61-48-46(56)44(54)43(53)45(55)47(48)57)41(51)36-34-32-30-28-26-24-18-16-14-12-10-8-6-4-2/h14,16,21-22,26,28,34,36,39-41,43-48,50-51,53-57H,3-13,15,17-20,23-25,27,29-33,35,37-38H2,1-2H3,(H,49,52)(H,58,59)/b16-14+,22-21-,28-26+,36-34+. The highest BCUT2D eigenvalue weighted by Gasteiger charge is 2.51. The van der Waals surface area contributed by atoms with Gasteiger partial charge in [-0.2, -0.15) is 0 Å². The zero-order valence-electron chi connectivity index (χ0n) is 38.3. The van der Waals surface area contributed by atoms with Crippen LogP contribution in [0.1, 0.15) is 187 Å². The number of phosphoric acid groups is 1. The molecule has 0 radical (unpaired) electrons. The molecule has 1 aliphatic rings. The third kappa shape index (κ3) is 28.9.